The van der Waals surface area contributed by atoms with Crippen molar-refractivity contribution in [3.05, 3.63) is 54.6 Å². The van der Waals surface area contributed by atoms with Gasteiger partial charge in [0.05, 0.1) is 0 Å². The Kier molecular flexibility index (Phi) is 4.19. The molecule has 4 rings (SSSR count). The second-order valence-corrected chi connectivity index (χ2v) is 6.28. The Morgan fingerprint density at radius 2 is 1.64 bits per heavy atom. The maximum absolute atomic E-state index is 9.68. The average Bonchev–Trinajstić information content (AvgIpc) is 2.68. The fourth-order valence-corrected chi connectivity index (χ4v) is 3.24. The van der Waals surface area contributed by atoms with E-state index in [0.717, 1.165) is 37.8 Å². The van der Waals surface area contributed by atoms with Gasteiger partial charge in [0.25, 0.3) is 0 Å². The van der Waals surface area contributed by atoms with Gasteiger partial charge in [-0.3, -0.25) is 0 Å². The topological polar surface area (TPSA) is 65.4 Å². The van der Waals surface area contributed by atoms with Crippen molar-refractivity contribution in [3.63, 3.8) is 0 Å². The van der Waals surface area contributed by atoms with Crippen LogP contribution >= 0.6 is 0 Å². The number of aliphatic hydroxyl groups is 1. The zero-order valence-electron chi connectivity index (χ0n) is 14.2. The Hall–Kier alpha value is -2.73. The van der Waals surface area contributed by atoms with E-state index in [1.54, 1.807) is 13.1 Å². The van der Waals surface area contributed by atoms with Crippen LogP contribution in [-0.2, 0) is 0 Å². The summed E-state index contributed by atoms with van der Waals surface area (Å²) in [5, 5.41) is 12.1. The fourth-order valence-electron chi connectivity index (χ4n) is 3.24. The van der Waals surface area contributed by atoms with Gasteiger partial charge in [0.1, 0.15) is 17.7 Å². The van der Waals surface area contributed by atoms with Crippen LogP contribution in [0, 0.1) is 0 Å². The molecular weight excluding hydrogens is 314 g/mol. The molecule has 25 heavy (non-hydrogen) atoms. The van der Waals surface area contributed by atoms with Crippen molar-refractivity contribution in [2.24, 2.45) is 0 Å². The second kappa shape index (κ2) is 6.64. The van der Waals surface area contributed by atoms with E-state index in [9.17, 15) is 5.11 Å². The molecule has 0 spiro atoms. The van der Waals surface area contributed by atoms with Crippen molar-refractivity contribution < 1.29 is 5.11 Å². The zero-order valence-corrected chi connectivity index (χ0v) is 14.2. The minimum absolute atomic E-state index is 0.468. The molecule has 6 heteroatoms. The van der Waals surface area contributed by atoms with Crippen molar-refractivity contribution in [1.82, 2.24) is 15.0 Å². The molecule has 6 nitrogen and oxygen atoms in total. The first-order chi connectivity index (χ1) is 12.2. The summed E-state index contributed by atoms with van der Waals surface area (Å²) < 4.78 is 0. The smallest absolute Gasteiger partial charge is 0.158 e. The molecule has 1 fully saturated rings. The van der Waals surface area contributed by atoms with E-state index < -0.39 is 6.10 Å². The number of piperazine rings is 1. The molecule has 128 valence electrons. The first-order valence-electron chi connectivity index (χ1n) is 8.57. The lowest BCUT2D eigenvalue weighted by Gasteiger charge is -2.36. The first-order valence-corrected chi connectivity index (χ1v) is 8.57. The predicted octanol–water partition coefficient (Wildman–Crippen LogP) is 2.40. The number of hydrogen-bond donors (Lipinski definition) is 1. The van der Waals surface area contributed by atoms with Crippen molar-refractivity contribution in [3.8, 4) is 0 Å². The van der Waals surface area contributed by atoms with Crippen LogP contribution in [0.1, 0.15) is 18.9 Å². The Morgan fingerprint density at radius 3 is 2.44 bits per heavy atom. The lowest BCUT2D eigenvalue weighted by molar-refractivity contribution is 0.189. The monoisotopic (exact) mass is 335 g/mol. The van der Waals surface area contributed by atoms with Crippen molar-refractivity contribution in [2.75, 3.05) is 36.0 Å². The Balaban J connectivity index is 1.52. The summed E-state index contributed by atoms with van der Waals surface area (Å²) in [4.78, 5) is 17.8. The highest BCUT2D eigenvalue weighted by Crippen LogP contribution is 2.25. The molecule has 0 amide bonds. The summed E-state index contributed by atoms with van der Waals surface area (Å²) in [6.45, 7) is 5.18. The van der Waals surface area contributed by atoms with Crippen LogP contribution in [0.3, 0.4) is 0 Å². The van der Waals surface area contributed by atoms with E-state index in [0.29, 0.717) is 5.82 Å². The highest BCUT2D eigenvalue weighted by molar-refractivity contribution is 5.92. The Bertz CT molecular complexity index is 869. The van der Waals surface area contributed by atoms with Crippen molar-refractivity contribution >= 4 is 22.4 Å². The van der Waals surface area contributed by atoms with Gasteiger partial charge in [-0.25, -0.2) is 15.0 Å². The molecule has 0 saturated carbocycles. The summed E-state index contributed by atoms with van der Waals surface area (Å²) in [7, 11) is 0. The highest BCUT2D eigenvalue weighted by Gasteiger charge is 2.21. The largest absolute Gasteiger partial charge is 0.385 e. The molecule has 2 aromatic heterocycles. The van der Waals surface area contributed by atoms with Gasteiger partial charge in [-0.05, 0) is 24.4 Å². The number of pyridine rings is 1. The van der Waals surface area contributed by atoms with Crippen LogP contribution < -0.4 is 9.80 Å². The number of benzene rings is 1. The van der Waals surface area contributed by atoms with Gasteiger partial charge in [0.15, 0.2) is 5.82 Å². The number of hydrogen-bond acceptors (Lipinski definition) is 6. The molecule has 1 aliphatic rings. The predicted molar refractivity (Wildman–Crippen MR) is 98.8 cm³/mol. The third-order valence-electron chi connectivity index (χ3n) is 4.59. The van der Waals surface area contributed by atoms with Crippen molar-refractivity contribution in [2.45, 2.75) is 13.0 Å². The zero-order chi connectivity index (χ0) is 17.2. The molecule has 1 aliphatic heterocycles. The first kappa shape index (κ1) is 15.8. The Labute approximate surface area is 146 Å². The van der Waals surface area contributed by atoms with Crippen molar-refractivity contribution in [1.29, 1.82) is 0 Å². The van der Waals surface area contributed by atoms with Gasteiger partial charge >= 0.3 is 0 Å². The average molecular weight is 335 g/mol. The van der Waals surface area contributed by atoms with Gasteiger partial charge in [0, 0.05) is 44.0 Å². The number of anilines is 2. The molecule has 3 aromatic rings. The minimum atomic E-state index is -0.652. The number of rotatable bonds is 3. The second-order valence-electron chi connectivity index (χ2n) is 6.28. The summed E-state index contributed by atoms with van der Waals surface area (Å²) >= 11 is 0. The van der Waals surface area contributed by atoms with Crippen LogP contribution in [0.25, 0.3) is 10.8 Å². The van der Waals surface area contributed by atoms with E-state index in [1.807, 2.05) is 18.3 Å². The van der Waals surface area contributed by atoms with E-state index in [-0.39, 0.29) is 0 Å². The van der Waals surface area contributed by atoms with Gasteiger partial charge in [-0.1, -0.05) is 24.3 Å². The lowest BCUT2D eigenvalue weighted by Crippen LogP contribution is -2.47. The molecule has 0 aliphatic carbocycles. The van der Waals surface area contributed by atoms with Crippen LogP contribution in [0.4, 0.5) is 11.6 Å². The van der Waals surface area contributed by atoms with Crippen LogP contribution in [0.15, 0.2) is 48.8 Å². The molecule has 3 heterocycles. The molecule has 1 N–H and O–H groups in total. The van der Waals surface area contributed by atoms with E-state index in [2.05, 4.69) is 49.0 Å². The molecule has 1 atom stereocenters. The molecule has 0 unspecified atom stereocenters. The summed E-state index contributed by atoms with van der Waals surface area (Å²) in [6.07, 6.45) is 2.94. The van der Waals surface area contributed by atoms with Gasteiger partial charge in [0.2, 0.25) is 0 Å². The maximum Gasteiger partial charge on any atom is 0.158 e. The minimum Gasteiger partial charge on any atom is -0.385 e. The summed E-state index contributed by atoms with van der Waals surface area (Å²) in [6, 6.07) is 12.3. The maximum atomic E-state index is 9.68. The standard InChI is InChI=1S/C19H21N5O/c1-14(25)18-20-9-7-17(22-18)23-10-12-24(13-11-23)19-16-5-3-2-4-15(16)6-8-21-19/h2-9,14,25H,10-13H2,1H3/t14-/m1/s1. The van der Waals surface area contributed by atoms with Gasteiger partial charge < -0.3 is 14.9 Å². The number of aromatic nitrogens is 3. The van der Waals surface area contributed by atoms with Gasteiger partial charge in [-0.2, -0.15) is 0 Å². The molecule has 0 radical (unpaired) electrons. The van der Waals surface area contributed by atoms with Gasteiger partial charge in [-0.15, -0.1) is 0 Å². The number of nitrogens with zero attached hydrogens (tertiary/aromatic N) is 5. The highest BCUT2D eigenvalue weighted by atomic mass is 16.3. The Morgan fingerprint density at radius 1 is 0.920 bits per heavy atom. The third kappa shape index (κ3) is 3.13. The molecule has 0 bridgehead atoms. The quantitative estimate of drug-likeness (QED) is 0.793. The van der Waals surface area contributed by atoms with Crippen LogP contribution in [-0.4, -0.2) is 46.2 Å². The third-order valence-corrected chi connectivity index (χ3v) is 4.59. The normalized spacial score (nSPS) is 16.2. The summed E-state index contributed by atoms with van der Waals surface area (Å²) in [5.74, 6) is 2.39. The fraction of sp³-hybridized carbons (Fsp3) is 0.316. The van der Waals surface area contributed by atoms with Crippen LogP contribution in [0.2, 0.25) is 0 Å². The molecular formula is C19H21N5O. The lowest BCUT2D eigenvalue weighted by atomic mass is 10.1. The van der Waals surface area contributed by atoms with E-state index in [1.165, 1.54) is 10.8 Å². The molecule has 1 aromatic carbocycles. The number of aliphatic hydroxyl groups excluding tert-OH is 1. The van der Waals surface area contributed by atoms with E-state index >= 15 is 0 Å². The van der Waals surface area contributed by atoms with Crippen LogP contribution in [0.5, 0.6) is 0 Å². The molecule has 1 saturated heterocycles. The SMILES string of the molecule is C[C@@H](O)c1nccc(N2CCN(c3nccc4ccccc34)CC2)n1. The summed E-state index contributed by atoms with van der Waals surface area (Å²) in [5.41, 5.74) is 0. The number of fused-ring (bicyclic) bond motifs is 1. The van der Waals surface area contributed by atoms with E-state index in [4.69, 9.17) is 0 Å².